The average molecular weight is 249 g/mol. The van der Waals surface area contributed by atoms with Crippen LogP contribution in [0.25, 0.3) is 0 Å². The van der Waals surface area contributed by atoms with E-state index in [0.717, 1.165) is 19.1 Å². The summed E-state index contributed by atoms with van der Waals surface area (Å²) in [5.41, 5.74) is 5.65. The van der Waals surface area contributed by atoms with E-state index >= 15 is 0 Å². The molecule has 0 aromatic heterocycles. The molecule has 2 unspecified atom stereocenters. The Labute approximate surface area is 98.5 Å². The predicted octanol–water partition coefficient (Wildman–Crippen LogP) is 1.14. The van der Waals surface area contributed by atoms with Gasteiger partial charge >= 0.3 is 0 Å². The Balaban J connectivity index is 4.00. The highest BCUT2D eigenvalue weighted by molar-refractivity contribution is 7.90. The molecule has 5 heteroatoms. The first-order chi connectivity index (χ1) is 7.26. The summed E-state index contributed by atoms with van der Waals surface area (Å²) in [6.45, 7) is 4.09. The Kier molecular flexibility index (Phi) is 6.83. The minimum atomic E-state index is -3.02. The van der Waals surface area contributed by atoms with Gasteiger partial charge in [-0.2, -0.15) is 0 Å². The fourth-order valence-electron chi connectivity index (χ4n) is 1.59. The molecule has 0 aliphatic heterocycles. The number of carbonyl (C=O) groups is 1. The second-order valence-electron chi connectivity index (χ2n) is 4.59. The van der Waals surface area contributed by atoms with E-state index in [9.17, 15) is 13.2 Å². The van der Waals surface area contributed by atoms with Crippen LogP contribution in [-0.4, -0.2) is 32.3 Å². The predicted molar refractivity (Wildman–Crippen MR) is 66.0 cm³/mol. The summed E-state index contributed by atoms with van der Waals surface area (Å²) < 4.78 is 21.8. The van der Waals surface area contributed by atoms with E-state index in [0.29, 0.717) is 12.3 Å². The van der Waals surface area contributed by atoms with Gasteiger partial charge in [-0.1, -0.05) is 26.7 Å². The van der Waals surface area contributed by atoms with Gasteiger partial charge < -0.3 is 5.73 Å². The molecule has 0 aliphatic rings. The van der Waals surface area contributed by atoms with Crippen molar-refractivity contribution < 1.29 is 13.2 Å². The minimum Gasteiger partial charge on any atom is -0.321 e. The lowest BCUT2D eigenvalue weighted by Gasteiger charge is -2.13. The van der Waals surface area contributed by atoms with E-state index in [-0.39, 0.29) is 18.0 Å². The van der Waals surface area contributed by atoms with Crippen molar-refractivity contribution in [3.05, 3.63) is 0 Å². The van der Waals surface area contributed by atoms with Crippen molar-refractivity contribution in [3.8, 4) is 0 Å². The number of hydrogen-bond donors (Lipinski definition) is 1. The SMILES string of the molecule is CCCC(C)CC(=O)C(N)CCS(C)(=O)=O. The summed E-state index contributed by atoms with van der Waals surface area (Å²) in [6, 6.07) is -0.631. The van der Waals surface area contributed by atoms with Crippen LogP contribution >= 0.6 is 0 Å². The Morgan fingerprint density at radius 3 is 2.31 bits per heavy atom. The Hall–Kier alpha value is -0.420. The van der Waals surface area contributed by atoms with Crippen molar-refractivity contribution in [2.45, 2.75) is 45.6 Å². The second-order valence-corrected chi connectivity index (χ2v) is 6.85. The Morgan fingerprint density at radius 1 is 1.31 bits per heavy atom. The summed E-state index contributed by atoms with van der Waals surface area (Å²) in [7, 11) is -3.02. The lowest BCUT2D eigenvalue weighted by Crippen LogP contribution is -2.33. The maximum Gasteiger partial charge on any atom is 0.149 e. The maximum absolute atomic E-state index is 11.6. The second kappa shape index (κ2) is 7.01. The summed E-state index contributed by atoms with van der Waals surface area (Å²) in [5, 5.41) is 0. The highest BCUT2D eigenvalue weighted by Gasteiger charge is 2.17. The van der Waals surface area contributed by atoms with Crippen LogP contribution in [0.3, 0.4) is 0 Å². The lowest BCUT2D eigenvalue weighted by molar-refractivity contribution is -0.121. The van der Waals surface area contributed by atoms with E-state index in [4.69, 9.17) is 5.73 Å². The first-order valence-corrected chi connectivity index (χ1v) is 7.78. The maximum atomic E-state index is 11.6. The molecular formula is C11H23NO3S. The topological polar surface area (TPSA) is 77.2 Å². The van der Waals surface area contributed by atoms with E-state index in [2.05, 4.69) is 6.92 Å². The van der Waals surface area contributed by atoms with Crippen LogP contribution in [0.15, 0.2) is 0 Å². The molecule has 0 radical (unpaired) electrons. The van der Waals surface area contributed by atoms with Crippen molar-refractivity contribution in [2.75, 3.05) is 12.0 Å². The molecule has 16 heavy (non-hydrogen) atoms. The van der Waals surface area contributed by atoms with Crippen LogP contribution < -0.4 is 5.73 Å². The van der Waals surface area contributed by atoms with Crippen molar-refractivity contribution >= 4 is 15.6 Å². The third kappa shape index (κ3) is 7.82. The van der Waals surface area contributed by atoms with Crippen LogP contribution in [0.5, 0.6) is 0 Å². The van der Waals surface area contributed by atoms with Gasteiger partial charge in [-0.15, -0.1) is 0 Å². The molecule has 2 N–H and O–H groups in total. The number of sulfone groups is 1. The van der Waals surface area contributed by atoms with E-state index in [1.807, 2.05) is 6.92 Å². The largest absolute Gasteiger partial charge is 0.321 e. The average Bonchev–Trinajstić information content (AvgIpc) is 2.13. The Morgan fingerprint density at radius 2 is 1.88 bits per heavy atom. The number of hydrogen-bond acceptors (Lipinski definition) is 4. The number of ketones is 1. The normalized spacial score (nSPS) is 15.8. The standard InChI is InChI=1S/C11H23NO3S/c1-4-5-9(2)8-11(13)10(12)6-7-16(3,14)15/h9-10H,4-8,12H2,1-3H3. The van der Waals surface area contributed by atoms with Gasteiger partial charge in [0.1, 0.15) is 15.6 Å². The van der Waals surface area contributed by atoms with Crippen LogP contribution in [-0.2, 0) is 14.6 Å². The molecule has 0 saturated carbocycles. The zero-order chi connectivity index (χ0) is 12.8. The molecular weight excluding hydrogens is 226 g/mol. The quantitative estimate of drug-likeness (QED) is 0.700. The molecule has 0 amide bonds. The number of carbonyl (C=O) groups excluding carboxylic acids is 1. The van der Waals surface area contributed by atoms with Gasteiger partial charge in [0.2, 0.25) is 0 Å². The van der Waals surface area contributed by atoms with Crippen molar-refractivity contribution in [1.29, 1.82) is 0 Å². The molecule has 0 aromatic carbocycles. The molecule has 0 aromatic rings. The van der Waals surface area contributed by atoms with Crippen molar-refractivity contribution in [3.63, 3.8) is 0 Å². The van der Waals surface area contributed by atoms with E-state index in [1.165, 1.54) is 0 Å². The smallest absolute Gasteiger partial charge is 0.149 e. The summed E-state index contributed by atoms with van der Waals surface area (Å²) in [4.78, 5) is 11.6. The fraction of sp³-hybridized carbons (Fsp3) is 0.909. The van der Waals surface area contributed by atoms with Crippen LogP contribution in [0, 0.1) is 5.92 Å². The van der Waals surface area contributed by atoms with Gasteiger partial charge in [-0.25, -0.2) is 8.42 Å². The summed E-state index contributed by atoms with van der Waals surface area (Å²) >= 11 is 0. The number of rotatable bonds is 8. The van der Waals surface area contributed by atoms with Gasteiger partial charge in [-0.3, -0.25) is 4.79 Å². The first kappa shape index (κ1) is 15.6. The molecule has 0 rings (SSSR count). The third-order valence-corrected chi connectivity index (χ3v) is 3.52. The highest BCUT2D eigenvalue weighted by atomic mass is 32.2. The minimum absolute atomic E-state index is 0.0118. The zero-order valence-electron chi connectivity index (χ0n) is 10.4. The molecule has 0 aliphatic carbocycles. The number of nitrogens with two attached hydrogens (primary N) is 1. The third-order valence-electron chi connectivity index (χ3n) is 2.54. The zero-order valence-corrected chi connectivity index (χ0v) is 11.2. The fourth-order valence-corrected chi connectivity index (χ4v) is 2.27. The van der Waals surface area contributed by atoms with Gasteiger partial charge in [0.15, 0.2) is 0 Å². The molecule has 0 saturated heterocycles. The van der Waals surface area contributed by atoms with Gasteiger partial charge in [-0.05, 0) is 12.3 Å². The Bertz CT molecular complexity index is 311. The van der Waals surface area contributed by atoms with Crippen molar-refractivity contribution in [2.24, 2.45) is 11.7 Å². The lowest BCUT2D eigenvalue weighted by atomic mass is 9.96. The summed E-state index contributed by atoms with van der Waals surface area (Å²) in [5.74, 6) is 0.300. The van der Waals surface area contributed by atoms with Gasteiger partial charge in [0.05, 0.1) is 11.8 Å². The van der Waals surface area contributed by atoms with E-state index in [1.54, 1.807) is 0 Å². The molecule has 0 heterocycles. The molecule has 96 valence electrons. The van der Waals surface area contributed by atoms with Crippen LogP contribution in [0.4, 0.5) is 0 Å². The summed E-state index contributed by atoms with van der Waals surface area (Å²) in [6.07, 6.45) is 3.90. The highest BCUT2D eigenvalue weighted by Crippen LogP contribution is 2.12. The van der Waals surface area contributed by atoms with Gasteiger partial charge in [0.25, 0.3) is 0 Å². The van der Waals surface area contributed by atoms with E-state index < -0.39 is 15.9 Å². The molecule has 0 spiro atoms. The molecule has 4 nitrogen and oxygen atoms in total. The first-order valence-electron chi connectivity index (χ1n) is 5.72. The van der Waals surface area contributed by atoms with Gasteiger partial charge in [0, 0.05) is 12.7 Å². The van der Waals surface area contributed by atoms with Crippen molar-refractivity contribution in [1.82, 2.24) is 0 Å². The molecule has 2 atom stereocenters. The number of Topliss-reactive ketones (excluding diaryl/α,β-unsaturated/α-hetero) is 1. The molecule has 0 fully saturated rings. The molecule has 0 bridgehead atoms. The van der Waals surface area contributed by atoms with Crippen LogP contribution in [0.1, 0.15) is 39.5 Å². The monoisotopic (exact) mass is 249 g/mol. The van der Waals surface area contributed by atoms with Crippen LogP contribution in [0.2, 0.25) is 0 Å².